The van der Waals surface area contributed by atoms with Crippen LogP contribution in [0.5, 0.6) is 0 Å². The third-order valence-corrected chi connectivity index (χ3v) is 5.02. The summed E-state index contributed by atoms with van der Waals surface area (Å²) in [6, 6.07) is 0. The van der Waals surface area contributed by atoms with E-state index in [1.165, 1.54) is 64.5 Å². The van der Waals surface area contributed by atoms with E-state index in [4.69, 9.17) is 0 Å². The zero-order valence-electron chi connectivity index (χ0n) is 11.9. The van der Waals surface area contributed by atoms with Crippen molar-refractivity contribution in [3.8, 4) is 0 Å². The average Bonchev–Trinajstić information content (AvgIpc) is 2.85. The molecule has 0 atom stereocenters. The van der Waals surface area contributed by atoms with Crippen LogP contribution in [0, 0.1) is 5.41 Å². The van der Waals surface area contributed by atoms with Gasteiger partial charge in [0.2, 0.25) is 0 Å². The molecular weight excluding hydrogens is 236 g/mol. The van der Waals surface area contributed by atoms with Crippen molar-refractivity contribution in [2.45, 2.75) is 57.9 Å². The molecule has 2 fully saturated rings. The van der Waals surface area contributed by atoms with E-state index in [1.807, 2.05) is 11.0 Å². The molecule has 2 aliphatic rings. The predicted octanol–water partition coefficient (Wildman–Crippen LogP) is 2.71. The van der Waals surface area contributed by atoms with Gasteiger partial charge in [-0.1, -0.05) is 25.7 Å². The lowest BCUT2D eigenvalue weighted by atomic mass is 9.74. The number of aromatic nitrogens is 3. The summed E-state index contributed by atoms with van der Waals surface area (Å²) >= 11 is 0. The normalized spacial score (nSPS) is 24.4. The first kappa shape index (κ1) is 13.1. The lowest BCUT2D eigenvalue weighted by Crippen LogP contribution is -2.44. The van der Waals surface area contributed by atoms with Crippen molar-refractivity contribution < 1.29 is 0 Å². The van der Waals surface area contributed by atoms with Crippen LogP contribution < -0.4 is 0 Å². The summed E-state index contributed by atoms with van der Waals surface area (Å²) in [7, 11) is 0. The van der Waals surface area contributed by atoms with E-state index in [9.17, 15) is 0 Å². The summed E-state index contributed by atoms with van der Waals surface area (Å²) in [5, 5.41) is 4.20. The Balaban J connectivity index is 1.54. The van der Waals surface area contributed by atoms with Gasteiger partial charge >= 0.3 is 0 Å². The minimum absolute atomic E-state index is 0.650. The first-order chi connectivity index (χ1) is 9.36. The van der Waals surface area contributed by atoms with Crippen molar-refractivity contribution in [1.29, 1.82) is 0 Å². The Labute approximate surface area is 116 Å². The van der Waals surface area contributed by atoms with Gasteiger partial charge in [-0.15, -0.1) is 0 Å². The quantitative estimate of drug-likeness (QED) is 0.840. The molecule has 3 rings (SSSR count). The Morgan fingerprint density at radius 1 is 0.947 bits per heavy atom. The van der Waals surface area contributed by atoms with Crippen molar-refractivity contribution in [3.63, 3.8) is 0 Å². The highest BCUT2D eigenvalue weighted by Gasteiger charge is 2.35. The van der Waals surface area contributed by atoms with Gasteiger partial charge in [0.1, 0.15) is 12.7 Å². The van der Waals surface area contributed by atoms with Crippen molar-refractivity contribution in [1.82, 2.24) is 19.7 Å². The van der Waals surface area contributed by atoms with Gasteiger partial charge in [0.25, 0.3) is 0 Å². The van der Waals surface area contributed by atoms with Gasteiger partial charge in [-0.3, -0.25) is 4.68 Å². The fraction of sp³-hybridized carbons (Fsp3) is 0.867. The molecule has 1 aliphatic heterocycles. The van der Waals surface area contributed by atoms with Crippen LogP contribution in [0.1, 0.15) is 51.4 Å². The first-order valence-electron chi connectivity index (χ1n) is 7.91. The Morgan fingerprint density at radius 2 is 1.74 bits per heavy atom. The number of nitrogens with zero attached hydrogens (tertiary/aromatic N) is 4. The highest BCUT2D eigenvalue weighted by molar-refractivity contribution is 4.88. The van der Waals surface area contributed by atoms with E-state index in [0.717, 1.165) is 13.1 Å². The molecule has 0 unspecified atom stereocenters. The number of hydrogen-bond donors (Lipinski definition) is 0. The minimum atomic E-state index is 0.650. The summed E-state index contributed by atoms with van der Waals surface area (Å²) in [6.45, 7) is 4.71. The lowest BCUT2D eigenvalue weighted by Gasteiger charge is -2.42. The summed E-state index contributed by atoms with van der Waals surface area (Å²) in [5.74, 6) is 0. The Bertz CT molecular complexity index is 366. The molecule has 2 heterocycles. The van der Waals surface area contributed by atoms with Gasteiger partial charge in [-0.25, -0.2) is 4.98 Å². The molecule has 1 saturated heterocycles. The Morgan fingerprint density at radius 3 is 2.47 bits per heavy atom. The molecule has 1 aromatic heterocycles. The fourth-order valence-electron chi connectivity index (χ4n) is 3.98. The van der Waals surface area contributed by atoms with Crippen LogP contribution >= 0.6 is 0 Å². The summed E-state index contributed by atoms with van der Waals surface area (Å²) in [5.41, 5.74) is 0.650. The van der Waals surface area contributed by atoms with E-state index in [1.54, 1.807) is 6.33 Å². The molecule has 4 nitrogen and oxygen atoms in total. The topological polar surface area (TPSA) is 34.0 Å². The molecule has 106 valence electrons. The van der Waals surface area contributed by atoms with Crippen LogP contribution in [-0.4, -0.2) is 39.3 Å². The highest BCUT2D eigenvalue weighted by atomic mass is 15.3. The molecule has 0 radical (unpaired) electrons. The Hall–Kier alpha value is -0.900. The summed E-state index contributed by atoms with van der Waals surface area (Å²) < 4.78 is 1.95. The van der Waals surface area contributed by atoms with Crippen molar-refractivity contribution in [2.75, 3.05) is 19.6 Å². The van der Waals surface area contributed by atoms with E-state index in [0.29, 0.717) is 5.41 Å². The monoisotopic (exact) mass is 262 g/mol. The van der Waals surface area contributed by atoms with E-state index >= 15 is 0 Å². The number of likely N-dealkylation sites (tertiary alicyclic amines) is 1. The lowest BCUT2D eigenvalue weighted by molar-refractivity contribution is 0.0706. The van der Waals surface area contributed by atoms with Gasteiger partial charge in [-0.2, -0.15) is 5.10 Å². The number of rotatable bonds is 3. The van der Waals surface area contributed by atoms with Crippen LogP contribution in [0.2, 0.25) is 0 Å². The summed E-state index contributed by atoms with van der Waals surface area (Å²) in [4.78, 5) is 6.68. The SMILES string of the molecule is c1ncn(CCN2CCCC3(CCCCCC3)C2)n1. The van der Waals surface area contributed by atoms with Gasteiger partial charge < -0.3 is 4.90 Å². The van der Waals surface area contributed by atoms with E-state index in [-0.39, 0.29) is 0 Å². The summed E-state index contributed by atoms with van der Waals surface area (Å²) in [6.07, 6.45) is 15.1. The van der Waals surface area contributed by atoms with Gasteiger partial charge in [-0.05, 0) is 37.6 Å². The van der Waals surface area contributed by atoms with Crippen LogP contribution in [-0.2, 0) is 6.54 Å². The van der Waals surface area contributed by atoms with Gasteiger partial charge in [0, 0.05) is 13.1 Å². The standard InChI is InChI=1S/C15H26N4/c1-2-4-7-15(6-3-1)8-5-9-18(12-15)10-11-19-14-16-13-17-19/h13-14H,1-12H2. The second-order valence-electron chi connectivity index (χ2n) is 6.45. The maximum atomic E-state index is 4.20. The smallest absolute Gasteiger partial charge is 0.137 e. The molecular formula is C15H26N4. The average molecular weight is 262 g/mol. The molecule has 1 spiro atoms. The third-order valence-electron chi connectivity index (χ3n) is 5.02. The second-order valence-corrected chi connectivity index (χ2v) is 6.45. The molecule has 19 heavy (non-hydrogen) atoms. The van der Waals surface area contributed by atoms with Crippen LogP contribution in [0.15, 0.2) is 12.7 Å². The van der Waals surface area contributed by atoms with Crippen LogP contribution in [0.3, 0.4) is 0 Å². The Kier molecular flexibility index (Phi) is 4.16. The number of hydrogen-bond acceptors (Lipinski definition) is 3. The molecule has 1 aromatic rings. The largest absolute Gasteiger partial charge is 0.301 e. The molecule has 1 aliphatic carbocycles. The molecule has 1 saturated carbocycles. The second kappa shape index (κ2) is 6.04. The zero-order chi connectivity index (χ0) is 13.0. The minimum Gasteiger partial charge on any atom is -0.301 e. The maximum Gasteiger partial charge on any atom is 0.137 e. The first-order valence-corrected chi connectivity index (χ1v) is 7.91. The van der Waals surface area contributed by atoms with Crippen LogP contribution in [0.4, 0.5) is 0 Å². The zero-order valence-corrected chi connectivity index (χ0v) is 11.9. The van der Waals surface area contributed by atoms with Crippen molar-refractivity contribution in [2.24, 2.45) is 5.41 Å². The molecule has 0 bridgehead atoms. The van der Waals surface area contributed by atoms with Crippen molar-refractivity contribution in [3.05, 3.63) is 12.7 Å². The number of piperidine rings is 1. The molecule has 0 N–H and O–H groups in total. The highest BCUT2D eigenvalue weighted by Crippen LogP contribution is 2.41. The maximum absolute atomic E-state index is 4.20. The molecule has 0 aromatic carbocycles. The van der Waals surface area contributed by atoms with E-state index < -0.39 is 0 Å². The molecule has 0 amide bonds. The fourth-order valence-corrected chi connectivity index (χ4v) is 3.98. The predicted molar refractivity (Wildman–Crippen MR) is 75.8 cm³/mol. The molecule has 4 heteroatoms. The van der Waals surface area contributed by atoms with Crippen LogP contribution in [0.25, 0.3) is 0 Å². The van der Waals surface area contributed by atoms with Crippen molar-refractivity contribution >= 4 is 0 Å². The van der Waals surface area contributed by atoms with Gasteiger partial charge in [0.15, 0.2) is 0 Å². The van der Waals surface area contributed by atoms with Gasteiger partial charge in [0.05, 0.1) is 6.54 Å². The van der Waals surface area contributed by atoms with E-state index in [2.05, 4.69) is 15.0 Å². The third kappa shape index (κ3) is 3.35.